The van der Waals surface area contributed by atoms with Crippen LogP contribution in [-0.2, 0) is 14.3 Å². The number of carbonyl (C=O) groups excluding carboxylic acids is 2. The lowest BCUT2D eigenvalue weighted by atomic mass is 10.1. The van der Waals surface area contributed by atoms with E-state index in [1.165, 1.54) is 13.3 Å². The summed E-state index contributed by atoms with van der Waals surface area (Å²) in [6.45, 7) is 5.01. The number of allylic oxidation sites excluding steroid dienone is 1. The van der Waals surface area contributed by atoms with Crippen LogP contribution >= 0.6 is 12.2 Å². The van der Waals surface area contributed by atoms with Crippen LogP contribution in [0.3, 0.4) is 0 Å². The Morgan fingerprint density at radius 2 is 2.13 bits per heavy atom. The molecular formula is C10H13NO3S. The number of ether oxygens (including phenoxy) is 1. The molecule has 0 radical (unpaired) electrons. The Bertz CT molecular complexity index is 321. The molecule has 15 heavy (non-hydrogen) atoms. The molecule has 0 heterocycles. The van der Waals surface area contributed by atoms with Gasteiger partial charge in [0.25, 0.3) is 0 Å². The first-order chi connectivity index (χ1) is 7.01. The third kappa shape index (κ3) is 5.74. The Labute approximate surface area is 94.0 Å². The molecule has 0 saturated heterocycles. The molecule has 0 aromatic rings. The highest BCUT2D eigenvalue weighted by Crippen LogP contribution is 2.04. The number of hydrogen-bond donors (Lipinski definition) is 1. The SMILES string of the molecule is C=CC(=O)/C(=C\NC(C)=S)CC(=O)OC. The summed E-state index contributed by atoms with van der Waals surface area (Å²) in [6.07, 6.45) is 2.43. The molecular weight excluding hydrogens is 214 g/mol. The third-order valence-electron chi connectivity index (χ3n) is 1.51. The van der Waals surface area contributed by atoms with Gasteiger partial charge in [-0.25, -0.2) is 0 Å². The molecule has 0 atom stereocenters. The number of thiocarbonyl (C=S) groups is 1. The van der Waals surface area contributed by atoms with Crippen molar-refractivity contribution in [2.75, 3.05) is 7.11 Å². The highest BCUT2D eigenvalue weighted by atomic mass is 32.1. The average Bonchev–Trinajstić information content (AvgIpc) is 2.22. The summed E-state index contributed by atoms with van der Waals surface area (Å²) in [5.74, 6) is -0.815. The van der Waals surface area contributed by atoms with Crippen molar-refractivity contribution in [1.29, 1.82) is 0 Å². The molecule has 0 bridgehead atoms. The number of esters is 1. The van der Waals surface area contributed by atoms with Crippen molar-refractivity contribution in [3.05, 3.63) is 24.4 Å². The first kappa shape index (κ1) is 13.5. The summed E-state index contributed by atoms with van der Waals surface area (Å²) in [5.41, 5.74) is 0.265. The molecule has 0 saturated carbocycles. The van der Waals surface area contributed by atoms with Crippen molar-refractivity contribution in [3.63, 3.8) is 0 Å². The highest BCUT2D eigenvalue weighted by Gasteiger charge is 2.11. The fourth-order valence-corrected chi connectivity index (χ4v) is 0.816. The number of ketones is 1. The molecule has 5 heteroatoms. The largest absolute Gasteiger partial charge is 0.469 e. The van der Waals surface area contributed by atoms with Crippen LogP contribution in [0.25, 0.3) is 0 Å². The molecule has 0 fully saturated rings. The Kier molecular flexibility index (Phi) is 6.21. The summed E-state index contributed by atoms with van der Waals surface area (Å²) >= 11 is 4.77. The fourth-order valence-electron chi connectivity index (χ4n) is 0.757. The van der Waals surface area contributed by atoms with E-state index in [0.717, 1.165) is 6.08 Å². The monoisotopic (exact) mass is 227 g/mol. The van der Waals surface area contributed by atoms with Crippen LogP contribution in [-0.4, -0.2) is 23.9 Å². The second-order valence-electron chi connectivity index (χ2n) is 2.69. The number of carbonyl (C=O) groups is 2. The van der Waals surface area contributed by atoms with Crippen molar-refractivity contribution in [1.82, 2.24) is 5.32 Å². The molecule has 0 amide bonds. The van der Waals surface area contributed by atoms with Crippen molar-refractivity contribution >= 4 is 29.0 Å². The molecule has 0 spiro atoms. The second kappa shape index (κ2) is 6.89. The van der Waals surface area contributed by atoms with Gasteiger partial charge >= 0.3 is 5.97 Å². The predicted molar refractivity (Wildman–Crippen MR) is 61.3 cm³/mol. The minimum atomic E-state index is -0.486. The molecule has 0 aliphatic heterocycles. The van der Waals surface area contributed by atoms with E-state index >= 15 is 0 Å². The van der Waals surface area contributed by atoms with Gasteiger partial charge in [0, 0.05) is 11.8 Å². The van der Waals surface area contributed by atoms with Gasteiger partial charge in [-0.15, -0.1) is 0 Å². The fraction of sp³-hybridized carbons (Fsp3) is 0.300. The van der Waals surface area contributed by atoms with Crippen LogP contribution in [0.2, 0.25) is 0 Å². The molecule has 1 N–H and O–H groups in total. The standard InChI is InChI=1S/C10H13NO3S/c1-4-9(12)8(5-10(13)14-3)6-11-7(2)15/h4,6H,1,5H2,2-3H3,(H,11,15)/b8-6-. The normalized spacial score (nSPS) is 10.4. The molecule has 0 rings (SSSR count). The zero-order valence-electron chi connectivity index (χ0n) is 8.70. The lowest BCUT2D eigenvalue weighted by Crippen LogP contribution is -2.15. The summed E-state index contributed by atoms with van der Waals surface area (Å²) in [4.78, 5) is 22.8. The minimum Gasteiger partial charge on any atom is -0.469 e. The topological polar surface area (TPSA) is 55.4 Å². The van der Waals surface area contributed by atoms with Crippen molar-refractivity contribution in [2.45, 2.75) is 13.3 Å². The molecule has 4 nitrogen and oxygen atoms in total. The minimum absolute atomic E-state index is 0.100. The predicted octanol–water partition coefficient (Wildman–Crippen LogP) is 1.13. The van der Waals surface area contributed by atoms with Crippen LogP contribution in [0, 0.1) is 0 Å². The van der Waals surface area contributed by atoms with Crippen molar-refractivity contribution in [3.8, 4) is 0 Å². The zero-order valence-corrected chi connectivity index (χ0v) is 9.52. The van der Waals surface area contributed by atoms with Gasteiger partial charge in [-0.2, -0.15) is 0 Å². The number of nitrogens with one attached hydrogen (secondary N) is 1. The van der Waals surface area contributed by atoms with E-state index in [1.54, 1.807) is 6.92 Å². The maximum atomic E-state index is 11.3. The molecule has 0 aromatic heterocycles. The quantitative estimate of drug-likeness (QED) is 0.433. The van der Waals surface area contributed by atoms with Gasteiger partial charge in [0.1, 0.15) is 0 Å². The number of rotatable bonds is 5. The van der Waals surface area contributed by atoms with E-state index in [-0.39, 0.29) is 17.8 Å². The maximum Gasteiger partial charge on any atom is 0.310 e. The number of hydrogen-bond acceptors (Lipinski definition) is 4. The summed E-state index contributed by atoms with van der Waals surface area (Å²) in [7, 11) is 1.26. The zero-order chi connectivity index (χ0) is 11.8. The Morgan fingerprint density at radius 1 is 1.53 bits per heavy atom. The van der Waals surface area contributed by atoms with E-state index in [1.807, 2.05) is 0 Å². The second-order valence-corrected chi connectivity index (χ2v) is 3.30. The van der Waals surface area contributed by atoms with E-state index < -0.39 is 5.97 Å². The number of methoxy groups -OCH3 is 1. The van der Waals surface area contributed by atoms with Crippen LogP contribution in [0.5, 0.6) is 0 Å². The van der Waals surface area contributed by atoms with E-state index in [4.69, 9.17) is 12.2 Å². The molecule has 0 unspecified atom stereocenters. The molecule has 0 aromatic carbocycles. The summed E-state index contributed by atoms with van der Waals surface area (Å²) in [6, 6.07) is 0. The van der Waals surface area contributed by atoms with Crippen LogP contribution in [0.1, 0.15) is 13.3 Å². The van der Waals surface area contributed by atoms with Gasteiger partial charge in [-0.05, 0) is 13.0 Å². The van der Waals surface area contributed by atoms with Crippen LogP contribution < -0.4 is 5.32 Å². The van der Waals surface area contributed by atoms with E-state index in [2.05, 4.69) is 16.6 Å². The molecule has 0 aliphatic carbocycles. The highest BCUT2D eigenvalue weighted by molar-refractivity contribution is 7.80. The Hall–Kier alpha value is -1.49. The van der Waals surface area contributed by atoms with Crippen LogP contribution in [0.4, 0.5) is 0 Å². The van der Waals surface area contributed by atoms with Crippen molar-refractivity contribution < 1.29 is 14.3 Å². The van der Waals surface area contributed by atoms with E-state index in [0.29, 0.717) is 4.99 Å². The van der Waals surface area contributed by atoms with Gasteiger partial charge in [0.05, 0.1) is 18.5 Å². The smallest absolute Gasteiger partial charge is 0.310 e. The van der Waals surface area contributed by atoms with Gasteiger partial charge in [-0.1, -0.05) is 18.8 Å². The summed E-state index contributed by atoms with van der Waals surface area (Å²) < 4.78 is 4.46. The first-order valence-electron chi connectivity index (χ1n) is 4.21. The van der Waals surface area contributed by atoms with Crippen molar-refractivity contribution in [2.24, 2.45) is 0 Å². The Balaban J connectivity index is 4.64. The summed E-state index contributed by atoms with van der Waals surface area (Å²) in [5, 5.41) is 2.68. The third-order valence-corrected chi connectivity index (χ3v) is 1.63. The lowest BCUT2D eigenvalue weighted by Gasteiger charge is -2.03. The van der Waals surface area contributed by atoms with Gasteiger partial charge in [-0.3, -0.25) is 9.59 Å². The van der Waals surface area contributed by atoms with Crippen LogP contribution in [0.15, 0.2) is 24.4 Å². The van der Waals surface area contributed by atoms with Gasteiger partial charge in [0.15, 0.2) is 5.78 Å². The lowest BCUT2D eigenvalue weighted by molar-refractivity contribution is -0.140. The Morgan fingerprint density at radius 3 is 2.53 bits per heavy atom. The first-order valence-corrected chi connectivity index (χ1v) is 4.61. The molecule has 82 valence electrons. The molecule has 0 aliphatic rings. The van der Waals surface area contributed by atoms with Gasteiger partial charge < -0.3 is 10.1 Å². The maximum absolute atomic E-state index is 11.3. The van der Waals surface area contributed by atoms with Gasteiger partial charge in [0.2, 0.25) is 0 Å². The van der Waals surface area contributed by atoms with E-state index in [9.17, 15) is 9.59 Å². The average molecular weight is 227 g/mol.